The van der Waals surface area contributed by atoms with E-state index in [9.17, 15) is 4.79 Å². The molecule has 1 aliphatic heterocycles. The fourth-order valence-corrected chi connectivity index (χ4v) is 2.54. The Morgan fingerprint density at radius 2 is 2.22 bits per heavy atom. The first-order valence-electron chi connectivity index (χ1n) is 6.49. The normalized spacial score (nSPS) is 23.2. The van der Waals surface area contributed by atoms with E-state index in [2.05, 4.69) is 29.1 Å². The molecular formula is C13H20N4O. The molecule has 1 aliphatic rings. The summed E-state index contributed by atoms with van der Waals surface area (Å²) >= 11 is 0. The van der Waals surface area contributed by atoms with Crippen LogP contribution >= 0.6 is 0 Å². The Balaban J connectivity index is 2.18. The predicted molar refractivity (Wildman–Crippen MR) is 70.5 cm³/mol. The van der Waals surface area contributed by atoms with E-state index < -0.39 is 0 Å². The lowest BCUT2D eigenvalue weighted by atomic mass is 10.1. The first-order chi connectivity index (χ1) is 8.67. The van der Waals surface area contributed by atoms with Crippen molar-refractivity contribution in [3.05, 3.63) is 18.1 Å². The van der Waals surface area contributed by atoms with Gasteiger partial charge >= 0.3 is 0 Å². The molecule has 0 radical (unpaired) electrons. The van der Waals surface area contributed by atoms with Crippen molar-refractivity contribution < 1.29 is 4.79 Å². The number of likely N-dealkylation sites (tertiary alicyclic amines) is 1. The van der Waals surface area contributed by atoms with Crippen molar-refractivity contribution >= 4 is 11.7 Å². The number of carbonyl (C=O) groups is 1. The van der Waals surface area contributed by atoms with E-state index in [1.54, 1.807) is 19.4 Å². The molecule has 18 heavy (non-hydrogen) atoms. The second-order valence-electron chi connectivity index (χ2n) is 4.74. The van der Waals surface area contributed by atoms with Crippen molar-refractivity contribution in [1.29, 1.82) is 0 Å². The Hall–Kier alpha value is -1.65. The molecule has 5 heteroatoms. The molecule has 1 saturated heterocycles. The van der Waals surface area contributed by atoms with Crippen molar-refractivity contribution in [1.82, 2.24) is 14.9 Å². The zero-order valence-electron chi connectivity index (χ0n) is 11.2. The van der Waals surface area contributed by atoms with Gasteiger partial charge in [-0.05, 0) is 26.2 Å². The van der Waals surface area contributed by atoms with Crippen molar-refractivity contribution in [2.45, 2.75) is 45.2 Å². The summed E-state index contributed by atoms with van der Waals surface area (Å²) in [6, 6.07) is 0.645. The summed E-state index contributed by atoms with van der Waals surface area (Å²) in [5.74, 6) is 0.676. The lowest BCUT2D eigenvalue weighted by Gasteiger charge is -2.27. The Kier molecular flexibility index (Phi) is 3.79. The van der Waals surface area contributed by atoms with Gasteiger partial charge in [0.2, 0.25) is 0 Å². The monoisotopic (exact) mass is 248 g/mol. The minimum absolute atomic E-state index is 0.00185. The topological polar surface area (TPSA) is 58.1 Å². The molecule has 1 fully saturated rings. The Morgan fingerprint density at radius 1 is 1.44 bits per heavy atom. The maximum atomic E-state index is 12.4. The van der Waals surface area contributed by atoms with E-state index in [0.29, 0.717) is 23.6 Å². The number of hydrogen-bond donors (Lipinski definition) is 1. The van der Waals surface area contributed by atoms with Crippen LogP contribution < -0.4 is 5.32 Å². The van der Waals surface area contributed by atoms with E-state index in [4.69, 9.17) is 0 Å². The van der Waals surface area contributed by atoms with Crippen LogP contribution in [0.5, 0.6) is 0 Å². The van der Waals surface area contributed by atoms with E-state index in [0.717, 1.165) is 19.3 Å². The number of carbonyl (C=O) groups excluding carboxylic acids is 1. The first-order valence-corrected chi connectivity index (χ1v) is 6.49. The van der Waals surface area contributed by atoms with Crippen LogP contribution in [-0.2, 0) is 0 Å². The van der Waals surface area contributed by atoms with E-state index in [-0.39, 0.29) is 5.91 Å². The van der Waals surface area contributed by atoms with E-state index in [1.807, 2.05) is 4.90 Å². The third-order valence-electron chi connectivity index (χ3n) is 3.62. The molecule has 2 rings (SSSR count). The minimum atomic E-state index is 0.00185. The molecule has 5 nitrogen and oxygen atoms in total. The zero-order valence-corrected chi connectivity index (χ0v) is 11.2. The van der Waals surface area contributed by atoms with Crippen LogP contribution in [0.1, 0.15) is 43.6 Å². The SMILES string of the molecule is CCC1CCC(C)N1C(=O)c1cnc(NC)cn1. The maximum absolute atomic E-state index is 12.4. The van der Waals surface area contributed by atoms with Crippen LogP contribution in [-0.4, -0.2) is 39.9 Å². The standard InChI is InChI=1S/C13H20N4O/c1-4-10-6-5-9(2)17(10)13(18)11-7-16-12(14-3)8-15-11/h7-10H,4-6H2,1-3H3,(H,14,16). The first kappa shape index (κ1) is 12.8. The Bertz CT molecular complexity index is 418. The van der Waals surface area contributed by atoms with Crippen molar-refractivity contribution in [3.8, 4) is 0 Å². The Labute approximate surface area is 108 Å². The summed E-state index contributed by atoms with van der Waals surface area (Å²) in [5.41, 5.74) is 0.432. The number of aromatic nitrogens is 2. The summed E-state index contributed by atoms with van der Waals surface area (Å²) in [4.78, 5) is 22.7. The molecule has 0 aromatic carbocycles. The minimum Gasteiger partial charge on any atom is -0.372 e. The van der Waals surface area contributed by atoms with Crippen molar-refractivity contribution in [2.75, 3.05) is 12.4 Å². The largest absolute Gasteiger partial charge is 0.372 e. The Morgan fingerprint density at radius 3 is 2.78 bits per heavy atom. The van der Waals surface area contributed by atoms with Gasteiger partial charge in [-0.25, -0.2) is 9.97 Å². The van der Waals surface area contributed by atoms with Gasteiger partial charge in [0.15, 0.2) is 0 Å². The molecule has 0 aliphatic carbocycles. The summed E-state index contributed by atoms with van der Waals surface area (Å²) in [7, 11) is 1.78. The van der Waals surface area contributed by atoms with Gasteiger partial charge in [0, 0.05) is 19.1 Å². The lowest BCUT2D eigenvalue weighted by molar-refractivity contribution is 0.0670. The van der Waals surface area contributed by atoms with Crippen LogP contribution in [0.15, 0.2) is 12.4 Å². The lowest BCUT2D eigenvalue weighted by Crippen LogP contribution is -2.40. The molecule has 0 bridgehead atoms. The highest BCUT2D eigenvalue weighted by molar-refractivity contribution is 5.92. The highest BCUT2D eigenvalue weighted by Gasteiger charge is 2.34. The van der Waals surface area contributed by atoms with Crippen LogP contribution in [0, 0.1) is 0 Å². The fourth-order valence-electron chi connectivity index (χ4n) is 2.54. The molecule has 1 aromatic rings. The quantitative estimate of drug-likeness (QED) is 0.888. The molecule has 0 spiro atoms. The molecule has 0 saturated carbocycles. The van der Waals surface area contributed by atoms with Gasteiger partial charge in [-0.1, -0.05) is 6.92 Å². The number of nitrogens with one attached hydrogen (secondary N) is 1. The molecule has 2 unspecified atom stereocenters. The van der Waals surface area contributed by atoms with Crippen LogP contribution in [0.2, 0.25) is 0 Å². The number of rotatable bonds is 3. The summed E-state index contributed by atoms with van der Waals surface area (Å²) < 4.78 is 0. The van der Waals surface area contributed by atoms with Gasteiger partial charge < -0.3 is 10.2 Å². The van der Waals surface area contributed by atoms with Gasteiger partial charge in [0.1, 0.15) is 11.5 Å². The molecule has 2 atom stereocenters. The van der Waals surface area contributed by atoms with Crippen molar-refractivity contribution in [3.63, 3.8) is 0 Å². The number of nitrogens with zero attached hydrogens (tertiary/aromatic N) is 3. The van der Waals surface area contributed by atoms with Gasteiger partial charge in [0.25, 0.3) is 5.91 Å². The summed E-state index contributed by atoms with van der Waals surface area (Å²) in [5, 5.41) is 2.89. The van der Waals surface area contributed by atoms with E-state index in [1.165, 1.54) is 0 Å². The third kappa shape index (κ3) is 2.30. The maximum Gasteiger partial charge on any atom is 0.274 e. The zero-order chi connectivity index (χ0) is 13.1. The van der Waals surface area contributed by atoms with E-state index >= 15 is 0 Å². The highest BCUT2D eigenvalue weighted by atomic mass is 16.2. The fraction of sp³-hybridized carbons (Fsp3) is 0.615. The molecule has 2 heterocycles. The molecule has 1 amide bonds. The van der Waals surface area contributed by atoms with Gasteiger partial charge in [0.05, 0.1) is 12.4 Å². The average Bonchev–Trinajstić information content (AvgIpc) is 2.79. The van der Waals surface area contributed by atoms with Crippen LogP contribution in [0.4, 0.5) is 5.82 Å². The summed E-state index contributed by atoms with van der Waals surface area (Å²) in [6.45, 7) is 4.22. The average molecular weight is 248 g/mol. The smallest absolute Gasteiger partial charge is 0.274 e. The third-order valence-corrected chi connectivity index (χ3v) is 3.62. The number of amides is 1. The number of hydrogen-bond acceptors (Lipinski definition) is 4. The number of anilines is 1. The van der Waals surface area contributed by atoms with Gasteiger partial charge in [-0.3, -0.25) is 4.79 Å². The molecule has 98 valence electrons. The van der Waals surface area contributed by atoms with Crippen LogP contribution in [0.25, 0.3) is 0 Å². The molecule has 1 N–H and O–H groups in total. The highest BCUT2D eigenvalue weighted by Crippen LogP contribution is 2.27. The van der Waals surface area contributed by atoms with Gasteiger partial charge in [-0.2, -0.15) is 0 Å². The second-order valence-corrected chi connectivity index (χ2v) is 4.74. The summed E-state index contributed by atoms with van der Waals surface area (Å²) in [6.07, 6.45) is 6.30. The van der Waals surface area contributed by atoms with Crippen molar-refractivity contribution in [2.24, 2.45) is 0 Å². The predicted octanol–water partition coefficient (Wildman–Crippen LogP) is 1.92. The van der Waals surface area contributed by atoms with Crippen LogP contribution in [0.3, 0.4) is 0 Å². The second kappa shape index (κ2) is 5.33. The molecular weight excluding hydrogens is 228 g/mol. The van der Waals surface area contributed by atoms with Gasteiger partial charge in [-0.15, -0.1) is 0 Å². The molecule has 1 aromatic heterocycles.